The number of benzene rings is 4. The zero-order valence-corrected chi connectivity index (χ0v) is 21.5. The van der Waals surface area contributed by atoms with E-state index in [-0.39, 0.29) is 12.9 Å². The van der Waals surface area contributed by atoms with E-state index in [1.54, 1.807) is 14.2 Å². The van der Waals surface area contributed by atoms with Crippen molar-refractivity contribution in [1.29, 1.82) is 0 Å². The largest absolute Gasteiger partial charge is 0.493 e. The first-order valence-electron chi connectivity index (χ1n) is 12.4. The minimum atomic E-state index is -0.320. The second-order valence-electron chi connectivity index (χ2n) is 8.74. The molecule has 1 atom stereocenters. The highest BCUT2D eigenvalue weighted by atomic mass is 16.7. The lowest BCUT2D eigenvalue weighted by atomic mass is 10.0. The molecule has 0 N–H and O–H groups in total. The molecule has 0 aromatic heterocycles. The molecule has 4 aromatic rings. The number of fused-ring (bicyclic) bond motifs is 1. The van der Waals surface area contributed by atoms with Gasteiger partial charge in [0, 0.05) is 24.8 Å². The highest BCUT2D eigenvalue weighted by molar-refractivity contribution is 5.69. The number of rotatable bonds is 11. The summed E-state index contributed by atoms with van der Waals surface area (Å²) >= 11 is 0. The van der Waals surface area contributed by atoms with Gasteiger partial charge in [-0.1, -0.05) is 66.7 Å². The average Bonchev–Trinajstić information content (AvgIpc) is 2.98. The Morgan fingerprint density at radius 2 is 1.37 bits per heavy atom. The Kier molecular flexibility index (Phi) is 8.11. The van der Waals surface area contributed by atoms with Crippen molar-refractivity contribution in [2.45, 2.75) is 19.3 Å². The predicted octanol–water partition coefficient (Wildman–Crippen LogP) is 6.98. The van der Waals surface area contributed by atoms with E-state index in [9.17, 15) is 0 Å². The third kappa shape index (κ3) is 6.10. The van der Waals surface area contributed by atoms with Gasteiger partial charge in [0.1, 0.15) is 36.6 Å². The van der Waals surface area contributed by atoms with Gasteiger partial charge in [-0.05, 0) is 35.4 Å². The minimum absolute atomic E-state index is 0.123. The summed E-state index contributed by atoms with van der Waals surface area (Å²) in [5, 5.41) is 0. The summed E-state index contributed by atoms with van der Waals surface area (Å²) in [6, 6.07) is 29.6. The van der Waals surface area contributed by atoms with Crippen LogP contribution in [-0.4, -0.2) is 21.0 Å². The van der Waals surface area contributed by atoms with Crippen LogP contribution in [0.2, 0.25) is 0 Å². The van der Waals surface area contributed by atoms with Crippen molar-refractivity contribution in [3.8, 4) is 28.7 Å². The number of methoxy groups -OCH3 is 2. The molecule has 0 fully saturated rings. The van der Waals surface area contributed by atoms with E-state index in [1.165, 1.54) is 0 Å². The standard InChI is InChI=1S/C32H30O6/c1-33-22-37-26-18-30(36-21-24-11-7-4-8-12-24)27-14-16-28(38-31(27)19-26)25-13-15-29(32(17-25)34-2)35-20-23-9-5-3-6-10-23/h3-19,28H,20-22H2,1-2H3. The third-order valence-corrected chi connectivity index (χ3v) is 6.10. The second-order valence-corrected chi connectivity index (χ2v) is 8.74. The fourth-order valence-corrected chi connectivity index (χ4v) is 4.16. The first-order valence-corrected chi connectivity index (χ1v) is 12.4. The molecule has 0 saturated heterocycles. The fourth-order valence-electron chi connectivity index (χ4n) is 4.16. The summed E-state index contributed by atoms with van der Waals surface area (Å²) in [6.45, 7) is 1.01. The lowest BCUT2D eigenvalue weighted by molar-refractivity contribution is 0.0506. The molecule has 1 aliphatic heterocycles. The number of hydrogen-bond acceptors (Lipinski definition) is 6. The van der Waals surface area contributed by atoms with E-state index in [0.29, 0.717) is 42.0 Å². The predicted molar refractivity (Wildman–Crippen MR) is 146 cm³/mol. The molecular formula is C32H30O6. The number of hydrogen-bond donors (Lipinski definition) is 0. The molecule has 1 unspecified atom stereocenters. The van der Waals surface area contributed by atoms with Crippen LogP contribution in [0, 0.1) is 0 Å². The van der Waals surface area contributed by atoms with Gasteiger partial charge in [-0.3, -0.25) is 0 Å². The van der Waals surface area contributed by atoms with E-state index < -0.39 is 0 Å². The molecule has 0 radical (unpaired) electrons. The van der Waals surface area contributed by atoms with Crippen LogP contribution in [0.4, 0.5) is 0 Å². The zero-order valence-electron chi connectivity index (χ0n) is 21.5. The minimum Gasteiger partial charge on any atom is -0.493 e. The Morgan fingerprint density at radius 3 is 2.03 bits per heavy atom. The normalized spacial score (nSPS) is 13.8. The maximum Gasteiger partial charge on any atom is 0.188 e. The van der Waals surface area contributed by atoms with Crippen LogP contribution in [0.3, 0.4) is 0 Å². The molecular weight excluding hydrogens is 480 g/mol. The summed E-state index contributed by atoms with van der Waals surface area (Å²) in [5.41, 5.74) is 3.96. The van der Waals surface area contributed by atoms with Gasteiger partial charge in [-0.25, -0.2) is 0 Å². The van der Waals surface area contributed by atoms with E-state index in [2.05, 4.69) is 0 Å². The molecule has 5 rings (SSSR count). The molecule has 6 nitrogen and oxygen atoms in total. The summed E-state index contributed by atoms with van der Waals surface area (Å²) in [7, 11) is 3.22. The van der Waals surface area contributed by atoms with Crippen molar-refractivity contribution in [1.82, 2.24) is 0 Å². The van der Waals surface area contributed by atoms with E-state index >= 15 is 0 Å². The van der Waals surface area contributed by atoms with Gasteiger partial charge in [-0.2, -0.15) is 0 Å². The van der Waals surface area contributed by atoms with Crippen LogP contribution in [0.25, 0.3) is 6.08 Å². The van der Waals surface area contributed by atoms with Gasteiger partial charge >= 0.3 is 0 Å². The quantitative estimate of drug-likeness (QED) is 0.203. The van der Waals surface area contributed by atoms with Crippen molar-refractivity contribution in [2.75, 3.05) is 21.0 Å². The van der Waals surface area contributed by atoms with Crippen molar-refractivity contribution >= 4 is 6.08 Å². The smallest absolute Gasteiger partial charge is 0.188 e. The van der Waals surface area contributed by atoms with Crippen LogP contribution in [0.1, 0.15) is 28.4 Å². The maximum atomic E-state index is 6.42. The summed E-state index contributed by atoms with van der Waals surface area (Å²) in [6.07, 6.45) is 3.71. The Bertz CT molecular complexity index is 1370. The molecule has 0 bridgehead atoms. The molecule has 4 aromatic carbocycles. The Labute approximate surface area is 223 Å². The highest BCUT2D eigenvalue weighted by Crippen LogP contribution is 2.42. The van der Waals surface area contributed by atoms with E-state index in [0.717, 1.165) is 22.3 Å². The maximum absolute atomic E-state index is 6.42. The number of ether oxygens (including phenoxy) is 6. The molecule has 1 aliphatic rings. The summed E-state index contributed by atoms with van der Waals surface area (Å²) in [5.74, 6) is 3.26. The van der Waals surface area contributed by atoms with Crippen LogP contribution in [0.15, 0.2) is 97.1 Å². The van der Waals surface area contributed by atoms with Gasteiger partial charge in [0.25, 0.3) is 0 Å². The molecule has 6 heteroatoms. The summed E-state index contributed by atoms with van der Waals surface area (Å²) < 4.78 is 35.1. The zero-order chi connectivity index (χ0) is 26.2. The van der Waals surface area contributed by atoms with Crippen molar-refractivity contribution in [2.24, 2.45) is 0 Å². The molecule has 38 heavy (non-hydrogen) atoms. The van der Waals surface area contributed by atoms with Gasteiger partial charge in [0.2, 0.25) is 0 Å². The topological polar surface area (TPSA) is 55.4 Å². The van der Waals surface area contributed by atoms with Crippen molar-refractivity contribution < 1.29 is 28.4 Å². The lowest BCUT2D eigenvalue weighted by Gasteiger charge is -2.25. The Morgan fingerprint density at radius 1 is 0.684 bits per heavy atom. The first-order chi connectivity index (χ1) is 18.7. The molecule has 194 valence electrons. The third-order valence-electron chi connectivity index (χ3n) is 6.10. The van der Waals surface area contributed by atoms with Crippen molar-refractivity contribution in [3.63, 3.8) is 0 Å². The Hall–Kier alpha value is -4.42. The van der Waals surface area contributed by atoms with Crippen molar-refractivity contribution in [3.05, 3.63) is 119 Å². The molecule has 0 aliphatic carbocycles. The van der Waals surface area contributed by atoms with Crippen LogP contribution < -0.4 is 23.7 Å². The lowest BCUT2D eigenvalue weighted by Crippen LogP contribution is -2.11. The molecule has 0 saturated carbocycles. The Balaban J connectivity index is 1.36. The average molecular weight is 511 g/mol. The van der Waals surface area contributed by atoms with E-state index in [4.69, 9.17) is 28.4 Å². The molecule has 0 amide bonds. The molecule has 0 spiro atoms. The first kappa shape index (κ1) is 25.2. The summed E-state index contributed by atoms with van der Waals surface area (Å²) in [4.78, 5) is 0. The van der Waals surface area contributed by atoms with Crippen LogP contribution in [-0.2, 0) is 18.0 Å². The van der Waals surface area contributed by atoms with Crippen LogP contribution in [0.5, 0.6) is 28.7 Å². The second kappa shape index (κ2) is 12.2. The highest BCUT2D eigenvalue weighted by Gasteiger charge is 2.22. The van der Waals surface area contributed by atoms with Gasteiger partial charge in [0.05, 0.1) is 12.7 Å². The van der Waals surface area contributed by atoms with Gasteiger partial charge in [0.15, 0.2) is 18.3 Å². The van der Waals surface area contributed by atoms with Gasteiger partial charge in [-0.15, -0.1) is 0 Å². The van der Waals surface area contributed by atoms with Gasteiger partial charge < -0.3 is 28.4 Å². The monoisotopic (exact) mass is 510 g/mol. The van der Waals surface area contributed by atoms with Crippen LogP contribution >= 0.6 is 0 Å². The SMILES string of the molecule is COCOc1cc(OCc2ccccc2)c2c(c1)OC(c1ccc(OCc3ccccc3)c(OC)c1)C=C2. The fraction of sp³-hybridized carbons (Fsp3) is 0.188. The van der Waals surface area contributed by atoms with E-state index in [1.807, 2.05) is 103 Å². The molecule has 1 heterocycles.